The molecule has 1 aromatic heterocycles. The van der Waals surface area contributed by atoms with E-state index in [0.717, 1.165) is 59.6 Å². The van der Waals surface area contributed by atoms with E-state index in [1.165, 1.54) is 0 Å². The molecular weight excluding hydrogens is 566 g/mol. The molecule has 0 saturated carbocycles. The Labute approximate surface area is 266 Å². The number of amides is 2. The number of aryl methyl sites for hydroxylation is 1. The monoisotopic (exact) mass is 613 g/mol. The quantitative estimate of drug-likeness (QED) is 0.299. The molecule has 10 nitrogen and oxygen atoms in total. The zero-order chi connectivity index (χ0) is 31.9. The van der Waals surface area contributed by atoms with Crippen LogP contribution in [0.15, 0.2) is 54.7 Å². The summed E-state index contributed by atoms with van der Waals surface area (Å²) in [6.45, 7) is 11.5. The van der Waals surface area contributed by atoms with E-state index in [9.17, 15) is 9.59 Å². The first-order valence-electron chi connectivity index (χ1n) is 16.2. The lowest BCUT2D eigenvalue weighted by molar-refractivity contribution is 0.0720. The molecule has 0 aliphatic carbocycles. The fourth-order valence-electron chi connectivity index (χ4n) is 6.48. The predicted octanol–water partition coefficient (Wildman–Crippen LogP) is 3.67. The highest BCUT2D eigenvalue weighted by Gasteiger charge is 2.33. The first-order chi connectivity index (χ1) is 21.9. The Kier molecular flexibility index (Phi) is 10.6. The van der Waals surface area contributed by atoms with Gasteiger partial charge in [0, 0.05) is 75.0 Å². The topological polar surface area (TPSA) is 130 Å². The number of nitrogens with two attached hydrogens (primary N) is 2. The normalized spacial score (nSPS) is 18.3. The standard InChI is InChI=1S/C35H47N7O3/c1-4-27-23-41(35(44)29-10-8-24(3)19-32(29)40-16-12-25(21-37)22-40)17-18-42(27)31-11-9-26(20-30(31)33(43)38-15-13-36)28-7-6-14-39-34(28)45-5-2/h6-11,14,19-20,25,27H,4-5,12-13,15-18,21-23,36-37H2,1-3H3,(H,38,43)/t25-,27-/m1/s1. The van der Waals surface area contributed by atoms with Gasteiger partial charge in [-0.05, 0) is 86.7 Å². The summed E-state index contributed by atoms with van der Waals surface area (Å²) in [6, 6.07) is 15.9. The minimum absolute atomic E-state index is 0.0364. The molecule has 240 valence electrons. The van der Waals surface area contributed by atoms with Crippen molar-refractivity contribution in [3.05, 3.63) is 71.4 Å². The third-order valence-electron chi connectivity index (χ3n) is 8.93. The molecule has 0 unspecified atom stereocenters. The minimum atomic E-state index is -0.182. The summed E-state index contributed by atoms with van der Waals surface area (Å²) in [4.78, 5) is 38.6. The van der Waals surface area contributed by atoms with Crippen LogP contribution in [0.5, 0.6) is 5.88 Å². The predicted molar refractivity (Wildman–Crippen MR) is 180 cm³/mol. The molecule has 0 bridgehead atoms. The van der Waals surface area contributed by atoms with E-state index >= 15 is 0 Å². The number of benzene rings is 2. The molecular formula is C35H47N7O3. The van der Waals surface area contributed by atoms with Crippen molar-refractivity contribution in [3.63, 3.8) is 0 Å². The van der Waals surface area contributed by atoms with Crippen molar-refractivity contribution in [2.45, 2.75) is 39.7 Å². The van der Waals surface area contributed by atoms with Gasteiger partial charge < -0.3 is 36.2 Å². The molecule has 5 rings (SSSR count). The molecule has 2 aliphatic heterocycles. The highest BCUT2D eigenvalue weighted by atomic mass is 16.5. The molecule has 0 spiro atoms. The molecule has 0 radical (unpaired) electrons. The minimum Gasteiger partial charge on any atom is -0.478 e. The Morgan fingerprint density at radius 2 is 1.84 bits per heavy atom. The molecule has 2 saturated heterocycles. The molecule has 3 heterocycles. The van der Waals surface area contributed by atoms with Crippen molar-refractivity contribution in [2.24, 2.45) is 17.4 Å². The Morgan fingerprint density at radius 1 is 1.00 bits per heavy atom. The number of hydrogen-bond acceptors (Lipinski definition) is 8. The van der Waals surface area contributed by atoms with Crippen molar-refractivity contribution in [1.29, 1.82) is 0 Å². The number of nitrogens with zero attached hydrogens (tertiary/aromatic N) is 4. The van der Waals surface area contributed by atoms with Crippen molar-refractivity contribution < 1.29 is 14.3 Å². The van der Waals surface area contributed by atoms with Crippen LogP contribution in [0, 0.1) is 12.8 Å². The SMILES string of the molecule is CCOc1ncccc1-c1ccc(N2CCN(C(=O)c3ccc(C)cc3N3CC[C@H](CN)C3)C[C@H]2CC)c(C(=O)NCCN)c1. The van der Waals surface area contributed by atoms with Crippen molar-refractivity contribution in [3.8, 4) is 17.0 Å². The lowest BCUT2D eigenvalue weighted by Gasteiger charge is -2.43. The summed E-state index contributed by atoms with van der Waals surface area (Å²) >= 11 is 0. The molecule has 2 amide bonds. The molecule has 2 atom stereocenters. The lowest BCUT2D eigenvalue weighted by atomic mass is 9.99. The zero-order valence-corrected chi connectivity index (χ0v) is 26.8. The number of carbonyl (C=O) groups is 2. The third kappa shape index (κ3) is 7.07. The van der Waals surface area contributed by atoms with E-state index in [1.54, 1.807) is 6.20 Å². The van der Waals surface area contributed by atoms with Gasteiger partial charge in [0.2, 0.25) is 5.88 Å². The van der Waals surface area contributed by atoms with Crippen LogP contribution >= 0.6 is 0 Å². The van der Waals surface area contributed by atoms with Crippen LogP contribution in [-0.4, -0.2) is 86.7 Å². The number of carbonyl (C=O) groups excluding carboxylic acids is 2. The number of pyridine rings is 1. The van der Waals surface area contributed by atoms with Gasteiger partial charge in [-0.2, -0.15) is 0 Å². The van der Waals surface area contributed by atoms with Crippen molar-refractivity contribution >= 4 is 23.2 Å². The van der Waals surface area contributed by atoms with E-state index in [2.05, 4.69) is 40.0 Å². The van der Waals surface area contributed by atoms with Gasteiger partial charge in [0.25, 0.3) is 11.8 Å². The number of aromatic nitrogens is 1. The molecule has 45 heavy (non-hydrogen) atoms. The Balaban J connectivity index is 1.42. The van der Waals surface area contributed by atoms with E-state index in [4.69, 9.17) is 16.2 Å². The van der Waals surface area contributed by atoms with Crippen LogP contribution in [0.3, 0.4) is 0 Å². The van der Waals surface area contributed by atoms with E-state index in [0.29, 0.717) is 63.2 Å². The van der Waals surface area contributed by atoms with Gasteiger partial charge in [-0.25, -0.2) is 4.98 Å². The van der Waals surface area contributed by atoms with E-state index < -0.39 is 0 Å². The molecule has 5 N–H and O–H groups in total. The van der Waals surface area contributed by atoms with Gasteiger partial charge in [-0.1, -0.05) is 19.1 Å². The summed E-state index contributed by atoms with van der Waals surface area (Å²) in [6.07, 6.45) is 3.56. The summed E-state index contributed by atoms with van der Waals surface area (Å²) in [5, 5.41) is 2.96. The van der Waals surface area contributed by atoms with Crippen molar-refractivity contribution in [2.75, 3.05) is 68.8 Å². The molecule has 10 heteroatoms. The third-order valence-corrected chi connectivity index (χ3v) is 8.93. The molecule has 2 aromatic carbocycles. The smallest absolute Gasteiger partial charge is 0.256 e. The van der Waals surface area contributed by atoms with Gasteiger partial charge in [0.05, 0.1) is 17.7 Å². The van der Waals surface area contributed by atoms with Gasteiger partial charge in [-0.3, -0.25) is 9.59 Å². The summed E-state index contributed by atoms with van der Waals surface area (Å²) in [7, 11) is 0. The summed E-state index contributed by atoms with van der Waals surface area (Å²) in [5.74, 6) is 0.851. The lowest BCUT2D eigenvalue weighted by Crippen LogP contribution is -2.55. The Morgan fingerprint density at radius 3 is 2.58 bits per heavy atom. The second kappa shape index (κ2) is 14.8. The first kappa shape index (κ1) is 32.2. The summed E-state index contributed by atoms with van der Waals surface area (Å²) in [5.41, 5.74) is 17.7. The number of hydrogen-bond donors (Lipinski definition) is 3. The van der Waals surface area contributed by atoms with E-state index in [-0.39, 0.29) is 17.9 Å². The maximum Gasteiger partial charge on any atom is 0.256 e. The van der Waals surface area contributed by atoms with Crippen LogP contribution in [-0.2, 0) is 0 Å². The zero-order valence-electron chi connectivity index (χ0n) is 26.8. The van der Waals surface area contributed by atoms with Gasteiger partial charge in [-0.15, -0.1) is 0 Å². The molecule has 2 aliphatic rings. The largest absolute Gasteiger partial charge is 0.478 e. The average Bonchev–Trinajstić information content (AvgIpc) is 3.56. The maximum absolute atomic E-state index is 14.1. The maximum atomic E-state index is 14.1. The number of piperazine rings is 1. The fourth-order valence-corrected chi connectivity index (χ4v) is 6.48. The fraction of sp³-hybridized carbons (Fsp3) is 0.457. The van der Waals surface area contributed by atoms with Crippen LogP contribution in [0.4, 0.5) is 11.4 Å². The number of ether oxygens (including phenoxy) is 1. The first-order valence-corrected chi connectivity index (χ1v) is 16.2. The Hall–Kier alpha value is -4.15. The Bertz CT molecular complexity index is 1500. The van der Waals surface area contributed by atoms with Crippen molar-refractivity contribution in [1.82, 2.24) is 15.2 Å². The van der Waals surface area contributed by atoms with Crippen LogP contribution < -0.4 is 31.3 Å². The second-order valence-corrected chi connectivity index (χ2v) is 11.9. The van der Waals surface area contributed by atoms with Gasteiger partial charge in [0.15, 0.2) is 0 Å². The van der Waals surface area contributed by atoms with Crippen LogP contribution in [0.1, 0.15) is 53.0 Å². The average molecular weight is 614 g/mol. The molecule has 3 aromatic rings. The van der Waals surface area contributed by atoms with Gasteiger partial charge >= 0.3 is 0 Å². The van der Waals surface area contributed by atoms with E-state index in [1.807, 2.05) is 54.3 Å². The van der Waals surface area contributed by atoms with Gasteiger partial charge in [0.1, 0.15) is 0 Å². The van der Waals surface area contributed by atoms with Crippen LogP contribution in [0.25, 0.3) is 11.1 Å². The summed E-state index contributed by atoms with van der Waals surface area (Å²) < 4.78 is 5.78. The second-order valence-electron chi connectivity index (χ2n) is 11.9. The highest BCUT2D eigenvalue weighted by Crippen LogP contribution is 2.35. The number of anilines is 2. The van der Waals surface area contributed by atoms with Crippen LogP contribution in [0.2, 0.25) is 0 Å². The number of nitrogens with one attached hydrogen (secondary N) is 1. The molecule has 2 fully saturated rings. The highest BCUT2D eigenvalue weighted by molar-refractivity contribution is 6.02. The number of rotatable bonds is 11.